The maximum absolute atomic E-state index is 13.9. The monoisotopic (exact) mass is 360 g/mol. The van der Waals surface area contributed by atoms with Gasteiger partial charge in [0.2, 0.25) is 0 Å². The van der Waals surface area contributed by atoms with Crippen LogP contribution in [-0.2, 0) is 0 Å². The van der Waals surface area contributed by atoms with Gasteiger partial charge in [0.15, 0.2) is 11.6 Å². The van der Waals surface area contributed by atoms with E-state index in [1.165, 1.54) is 14.2 Å². The fourth-order valence-electron chi connectivity index (χ4n) is 2.02. The van der Waals surface area contributed by atoms with E-state index in [1.807, 2.05) is 0 Å². The van der Waals surface area contributed by atoms with E-state index in [0.717, 1.165) is 6.07 Å². The zero-order valence-electron chi connectivity index (χ0n) is 11.3. The van der Waals surface area contributed by atoms with E-state index in [4.69, 9.17) is 9.47 Å². The van der Waals surface area contributed by atoms with Crippen molar-refractivity contribution in [1.82, 2.24) is 0 Å². The van der Waals surface area contributed by atoms with Crippen molar-refractivity contribution in [3.63, 3.8) is 0 Å². The first kappa shape index (κ1) is 15.7. The number of methoxy groups -OCH3 is 2. The molecule has 2 nitrogen and oxygen atoms in total. The first-order valence-electron chi connectivity index (χ1n) is 5.99. The smallest absolute Gasteiger partial charge is 0.161 e. The van der Waals surface area contributed by atoms with Crippen molar-refractivity contribution in [2.24, 2.45) is 0 Å². The van der Waals surface area contributed by atoms with E-state index in [-0.39, 0.29) is 5.56 Å². The number of rotatable bonds is 4. The molecule has 0 aromatic heterocycles. The molecule has 21 heavy (non-hydrogen) atoms. The lowest BCUT2D eigenvalue weighted by Gasteiger charge is -2.18. The molecular weight excluding hydrogens is 349 g/mol. The summed E-state index contributed by atoms with van der Waals surface area (Å²) in [5, 5.41) is 0. The Morgan fingerprint density at radius 2 is 1.43 bits per heavy atom. The number of ether oxygens (including phenoxy) is 2. The minimum atomic E-state index is -1.23. The second-order valence-electron chi connectivity index (χ2n) is 4.23. The Balaban J connectivity index is 2.59. The highest BCUT2D eigenvalue weighted by molar-refractivity contribution is 9.09. The Bertz CT molecular complexity index is 639. The molecule has 0 aliphatic heterocycles. The fraction of sp³-hybridized carbons (Fsp3) is 0.200. The van der Waals surface area contributed by atoms with Crippen molar-refractivity contribution in [1.29, 1.82) is 0 Å². The molecule has 1 unspecified atom stereocenters. The maximum atomic E-state index is 13.9. The molecule has 0 aliphatic carbocycles. The van der Waals surface area contributed by atoms with E-state index < -0.39 is 22.3 Å². The number of alkyl halides is 1. The molecule has 2 aromatic rings. The van der Waals surface area contributed by atoms with Crippen molar-refractivity contribution in [3.05, 3.63) is 58.9 Å². The van der Waals surface area contributed by atoms with E-state index in [9.17, 15) is 13.2 Å². The Morgan fingerprint density at radius 1 is 0.905 bits per heavy atom. The molecule has 112 valence electrons. The SMILES string of the molecule is COc1cccc(OC)c1C(Br)c1cc(F)c(F)cc1F. The molecule has 0 fully saturated rings. The molecule has 0 spiro atoms. The average Bonchev–Trinajstić information content (AvgIpc) is 2.49. The third kappa shape index (κ3) is 3.00. The molecule has 0 saturated heterocycles. The van der Waals surface area contributed by atoms with Crippen LogP contribution < -0.4 is 9.47 Å². The summed E-state index contributed by atoms with van der Waals surface area (Å²) >= 11 is 3.30. The van der Waals surface area contributed by atoms with E-state index in [2.05, 4.69) is 15.9 Å². The third-order valence-corrected chi connectivity index (χ3v) is 3.98. The maximum Gasteiger partial charge on any atom is 0.161 e. The van der Waals surface area contributed by atoms with Crippen LogP contribution in [0, 0.1) is 17.5 Å². The van der Waals surface area contributed by atoms with Crippen molar-refractivity contribution < 1.29 is 22.6 Å². The summed E-state index contributed by atoms with van der Waals surface area (Å²) in [7, 11) is 2.92. The number of hydrogen-bond donors (Lipinski definition) is 0. The van der Waals surface area contributed by atoms with E-state index in [0.29, 0.717) is 23.1 Å². The van der Waals surface area contributed by atoms with Gasteiger partial charge in [-0.1, -0.05) is 22.0 Å². The highest BCUT2D eigenvalue weighted by Gasteiger charge is 2.24. The Labute approximate surface area is 128 Å². The Morgan fingerprint density at radius 3 is 1.95 bits per heavy atom. The lowest BCUT2D eigenvalue weighted by atomic mass is 10.0. The Hall–Kier alpha value is -1.69. The Kier molecular flexibility index (Phi) is 4.77. The van der Waals surface area contributed by atoms with Crippen LogP contribution in [0.25, 0.3) is 0 Å². The first-order chi connectivity index (χ1) is 9.99. The van der Waals surface area contributed by atoms with Gasteiger partial charge >= 0.3 is 0 Å². The number of hydrogen-bond acceptors (Lipinski definition) is 2. The highest BCUT2D eigenvalue weighted by atomic mass is 79.9. The quantitative estimate of drug-likeness (QED) is 0.585. The van der Waals surface area contributed by atoms with Crippen LogP contribution in [0.15, 0.2) is 30.3 Å². The topological polar surface area (TPSA) is 18.5 Å². The number of halogens is 4. The van der Waals surface area contributed by atoms with Crippen LogP contribution in [0.2, 0.25) is 0 Å². The zero-order valence-corrected chi connectivity index (χ0v) is 12.9. The summed E-state index contributed by atoms with van der Waals surface area (Å²) in [5.74, 6) is -2.32. The van der Waals surface area contributed by atoms with Gasteiger partial charge < -0.3 is 9.47 Å². The van der Waals surface area contributed by atoms with Gasteiger partial charge in [-0.3, -0.25) is 0 Å². The average molecular weight is 361 g/mol. The minimum absolute atomic E-state index is 0.0447. The van der Waals surface area contributed by atoms with Gasteiger partial charge in [0, 0.05) is 11.6 Å². The largest absolute Gasteiger partial charge is 0.496 e. The molecule has 0 amide bonds. The first-order valence-corrected chi connectivity index (χ1v) is 6.90. The predicted octanol–water partition coefficient (Wildman–Crippen LogP) is 4.61. The second-order valence-corrected chi connectivity index (χ2v) is 5.14. The fourth-order valence-corrected chi connectivity index (χ4v) is 2.82. The van der Waals surface area contributed by atoms with Crippen LogP contribution in [0.4, 0.5) is 13.2 Å². The molecule has 0 radical (unpaired) electrons. The molecule has 0 bridgehead atoms. The van der Waals surface area contributed by atoms with Crippen LogP contribution >= 0.6 is 15.9 Å². The van der Waals surface area contributed by atoms with Crippen molar-refractivity contribution in [2.75, 3.05) is 14.2 Å². The molecule has 0 aliphatic rings. The zero-order chi connectivity index (χ0) is 15.6. The second kappa shape index (κ2) is 6.39. The molecular formula is C15H12BrF3O2. The molecule has 1 atom stereocenters. The molecule has 0 heterocycles. The summed E-state index contributed by atoms with van der Waals surface area (Å²) in [6, 6.07) is 6.38. The van der Waals surface area contributed by atoms with E-state index in [1.54, 1.807) is 18.2 Å². The molecule has 2 aromatic carbocycles. The lowest BCUT2D eigenvalue weighted by Crippen LogP contribution is -2.04. The van der Waals surface area contributed by atoms with Gasteiger partial charge in [0.25, 0.3) is 0 Å². The van der Waals surface area contributed by atoms with Crippen molar-refractivity contribution >= 4 is 15.9 Å². The summed E-state index contributed by atoms with van der Waals surface area (Å²) in [4.78, 5) is -0.751. The molecule has 0 N–H and O–H groups in total. The van der Waals surface area contributed by atoms with Gasteiger partial charge in [-0.05, 0) is 18.2 Å². The number of benzene rings is 2. The van der Waals surface area contributed by atoms with Gasteiger partial charge in [-0.25, -0.2) is 13.2 Å². The normalized spacial score (nSPS) is 12.1. The summed E-state index contributed by atoms with van der Waals surface area (Å²) in [6.45, 7) is 0. The van der Waals surface area contributed by atoms with Crippen LogP contribution in [-0.4, -0.2) is 14.2 Å². The predicted molar refractivity (Wildman–Crippen MR) is 76.6 cm³/mol. The van der Waals surface area contributed by atoms with Gasteiger partial charge in [0.05, 0.1) is 24.6 Å². The van der Waals surface area contributed by atoms with E-state index >= 15 is 0 Å². The van der Waals surface area contributed by atoms with Crippen molar-refractivity contribution in [3.8, 4) is 11.5 Å². The van der Waals surface area contributed by atoms with Crippen LogP contribution in [0.1, 0.15) is 16.0 Å². The standard InChI is InChI=1S/C15H12BrF3O2/c1-20-12-4-3-5-13(21-2)14(12)15(16)8-6-10(18)11(19)7-9(8)17/h3-7,15H,1-2H3. The van der Waals surface area contributed by atoms with Gasteiger partial charge in [-0.15, -0.1) is 0 Å². The summed E-state index contributed by atoms with van der Waals surface area (Å²) in [6.07, 6.45) is 0. The van der Waals surface area contributed by atoms with Gasteiger partial charge in [0.1, 0.15) is 17.3 Å². The lowest BCUT2D eigenvalue weighted by molar-refractivity contribution is 0.386. The summed E-state index contributed by atoms with van der Waals surface area (Å²) in [5.41, 5.74) is 0.448. The molecule has 2 rings (SSSR count). The summed E-state index contributed by atoms with van der Waals surface area (Å²) < 4.78 is 50.8. The van der Waals surface area contributed by atoms with Crippen molar-refractivity contribution in [2.45, 2.75) is 4.83 Å². The highest BCUT2D eigenvalue weighted by Crippen LogP contribution is 2.43. The third-order valence-electron chi connectivity index (χ3n) is 3.03. The molecule has 6 heteroatoms. The van der Waals surface area contributed by atoms with Crippen LogP contribution in [0.3, 0.4) is 0 Å². The van der Waals surface area contributed by atoms with Crippen LogP contribution in [0.5, 0.6) is 11.5 Å². The molecule has 0 saturated carbocycles. The van der Waals surface area contributed by atoms with Gasteiger partial charge in [-0.2, -0.15) is 0 Å². The minimum Gasteiger partial charge on any atom is -0.496 e.